The third kappa shape index (κ3) is 3.75. The largest absolute Gasteiger partial charge is 0.466 e. The highest BCUT2D eigenvalue weighted by atomic mass is 16.5. The van der Waals surface area contributed by atoms with Gasteiger partial charge in [-0.1, -0.05) is 32.6 Å². The number of hydrogen-bond donors (Lipinski definition) is 0. The van der Waals surface area contributed by atoms with Crippen molar-refractivity contribution in [2.24, 2.45) is 17.8 Å². The van der Waals surface area contributed by atoms with Gasteiger partial charge in [0.25, 0.3) is 0 Å². The fourth-order valence-electron chi connectivity index (χ4n) is 4.08. The van der Waals surface area contributed by atoms with E-state index in [4.69, 9.17) is 9.47 Å². The van der Waals surface area contributed by atoms with Crippen LogP contribution in [0.5, 0.6) is 0 Å². The first-order valence-electron chi connectivity index (χ1n) is 8.56. The van der Waals surface area contributed by atoms with E-state index in [-0.39, 0.29) is 18.0 Å². The minimum Gasteiger partial charge on any atom is -0.466 e. The number of esters is 1. The zero-order valence-electron chi connectivity index (χ0n) is 13.1. The van der Waals surface area contributed by atoms with Gasteiger partial charge in [0.05, 0.1) is 18.6 Å². The smallest absolute Gasteiger partial charge is 0.309 e. The number of hydrogen-bond acceptors (Lipinski definition) is 3. The standard InChI is InChI=1S/C17H30O3/c1-3-5-12-20-15-11-7-9-13-8-6-10-14(16(13)15)17(18)19-4-2/h13-16H,3-12H2,1-2H3. The summed E-state index contributed by atoms with van der Waals surface area (Å²) in [5.41, 5.74) is 0. The van der Waals surface area contributed by atoms with Crippen molar-refractivity contribution in [1.82, 2.24) is 0 Å². The van der Waals surface area contributed by atoms with Gasteiger partial charge in [-0.15, -0.1) is 0 Å². The van der Waals surface area contributed by atoms with Gasteiger partial charge < -0.3 is 9.47 Å². The van der Waals surface area contributed by atoms with Crippen molar-refractivity contribution in [3.63, 3.8) is 0 Å². The fraction of sp³-hybridized carbons (Fsp3) is 0.941. The Morgan fingerprint density at radius 1 is 1.10 bits per heavy atom. The van der Waals surface area contributed by atoms with Crippen LogP contribution < -0.4 is 0 Å². The van der Waals surface area contributed by atoms with Crippen molar-refractivity contribution in [2.75, 3.05) is 13.2 Å². The van der Waals surface area contributed by atoms with Crippen LogP contribution in [0.3, 0.4) is 0 Å². The van der Waals surface area contributed by atoms with Gasteiger partial charge in [-0.25, -0.2) is 0 Å². The lowest BCUT2D eigenvalue weighted by Gasteiger charge is -2.44. The average molecular weight is 282 g/mol. The summed E-state index contributed by atoms with van der Waals surface area (Å²) < 4.78 is 11.5. The average Bonchev–Trinajstić information content (AvgIpc) is 2.47. The third-order valence-electron chi connectivity index (χ3n) is 5.01. The maximum absolute atomic E-state index is 12.3. The summed E-state index contributed by atoms with van der Waals surface area (Å²) in [5.74, 6) is 1.20. The van der Waals surface area contributed by atoms with Crippen LogP contribution in [0, 0.1) is 17.8 Å². The maximum atomic E-state index is 12.3. The van der Waals surface area contributed by atoms with Crippen LogP contribution in [0.4, 0.5) is 0 Å². The van der Waals surface area contributed by atoms with Crippen LogP contribution >= 0.6 is 0 Å². The van der Waals surface area contributed by atoms with Crippen molar-refractivity contribution < 1.29 is 14.3 Å². The van der Waals surface area contributed by atoms with Crippen LogP contribution in [-0.2, 0) is 14.3 Å². The van der Waals surface area contributed by atoms with Gasteiger partial charge in [0.15, 0.2) is 0 Å². The van der Waals surface area contributed by atoms with Crippen molar-refractivity contribution in [3.05, 3.63) is 0 Å². The van der Waals surface area contributed by atoms with Crippen molar-refractivity contribution >= 4 is 5.97 Å². The third-order valence-corrected chi connectivity index (χ3v) is 5.01. The molecule has 2 saturated carbocycles. The summed E-state index contributed by atoms with van der Waals surface area (Å²) in [4.78, 5) is 12.3. The monoisotopic (exact) mass is 282 g/mol. The van der Waals surface area contributed by atoms with E-state index in [9.17, 15) is 4.79 Å². The topological polar surface area (TPSA) is 35.5 Å². The first kappa shape index (κ1) is 15.8. The van der Waals surface area contributed by atoms with Crippen LogP contribution in [0.2, 0.25) is 0 Å². The van der Waals surface area contributed by atoms with E-state index in [2.05, 4.69) is 6.92 Å². The minimum atomic E-state index is 0.0215. The van der Waals surface area contributed by atoms with Gasteiger partial charge in [0.1, 0.15) is 0 Å². The summed E-state index contributed by atoms with van der Waals surface area (Å²) in [7, 11) is 0. The molecule has 3 heteroatoms. The van der Waals surface area contributed by atoms with E-state index >= 15 is 0 Å². The van der Waals surface area contributed by atoms with Crippen LogP contribution in [-0.4, -0.2) is 25.3 Å². The highest BCUT2D eigenvalue weighted by Gasteiger charge is 2.44. The molecule has 2 aliphatic carbocycles. The molecule has 4 atom stereocenters. The number of rotatable bonds is 6. The van der Waals surface area contributed by atoms with Gasteiger partial charge in [-0.3, -0.25) is 4.79 Å². The zero-order chi connectivity index (χ0) is 14.4. The Morgan fingerprint density at radius 3 is 2.55 bits per heavy atom. The lowest BCUT2D eigenvalue weighted by atomic mass is 9.64. The molecule has 0 N–H and O–H groups in total. The molecule has 0 spiro atoms. The molecular formula is C17H30O3. The summed E-state index contributed by atoms with van der Waals surface area (Å²) in [6.07, 6.45) is 9.67. The molecule has 0 saturated heterocycles. The first-order valence-corrected chi connectivity index (χ1v) is 8.56. The molecule has 2 aliphatic rings. The second-order valence-electron chi connectivity index (χ2n) is 6.32. The molecule has 4 unspecified atom stereocenters. The van der Waals surface area contributed by atoms with Crippen LogP contribution in [0.1, 0.15) is 65.2 Å². The Bertz CT molecular complexity index is 301. The Balaban J connectivity index is 2.02. The van der Waals surface area contributed by atoms with Gasteiger partial charge >= 0.3 is 5.97 Å². The summed E-state index contributed by atoms with van der Waals surface area (Å²) in [6, 6.07) is 0. The highest BCUT2D eigenvalue weighted by Crippen LogP contribution is 2.45. The van der Waals surface area contributed by atoms with E-state index in [0.717, 1.165) is 25.9 Å². The molecule has 0 aromatic heterocycles. The van der Waals surface area contributed by atoms with Crippen LogP contribution in [0.15, 0.2) is 0 Å². The van der Waals surface area contributed by atoms with Crippen molar-refractivity contribution in [3.8, 4) is 0 Å². The molecule has 2 fully saturated rings. The predicted molar refractivity (Wildman–Crippen MR) is 79.5 cm³/mol. The SMILES string of the molecule is CCCCOC1CCCC2CCCC(C(=O)OCC)C21. The molecule has 116 valence electrons. The molecule has 0 bridgehead atoms. The number of carbonyl (C=O) groups is 1. The van der Waals surface area contributed by atoms with E-state index < -0.39 is 0 Å². The first-order chi connectivity index (χ1) is 9.77. The van der Waals surface area contributed by atoms with Gasteiger partial charge in [-0.2, -0.15) is 0 Å². The Kier molecular flexibility index (Phi) is 6.34. The van der Waals surface area contributed by atoms with Crippen molar-refractivity contribution in [2.45, 2.75) is 71.3 Å². The van der Waals surface area contributed by atoms with E-state index in [1.807, 2.05) is 6.92 Å². The fourth-order valence-corrected chi connectivity index (χ4v) is 4.08. The molecule has 20 heavy (non-hydrogen) atoms. The molecule has 0 aromatic rings. The van der Waals surface area contributed by atoms with Gasteiger partial charge in [-0.05, 0) is 38.5 Å². The quantitative estimate of drug-likeness (QED) is 0.546. The number of ether oxygens (including phenoxy) is 2. The van der Waals surface area contributed by atoms with Crippen molar-refractivity contribution in [1.29, 1.82) is 0 Å². The number of fused-ring (bicyclic) bond motifs is 1. The zero-order valence-corrected chi connectivity index (χ0v) is 13.1. The van der Waals surface area contributed by atoms with Gasteiger partial charge in [0, 0.05) is 12.5 Å². The van der Waals surface area contributed by atoms with Gasteiger partial charge in [0.2, 0.25) is 0 Å². The maximum Gasteiger partial charge on any atom is 0.309 e. The molecule has 0 aromatic carbocycles. The predicted octanol–water partition coefficient (Wildman–Crippen LogP) is 3.95. The molecular weight excluding hydrogens is 252 g/mol. The lowest BCUT2D eigenvalue weighted by molar-refractivity contribution is -0.159. The molecule has 0 radical (unpaired) electrons. The minimum absolute atomic E-state index is 0.0215. The second-order valence-corrected chi connectivity index (χ2v) is 6.32. The van der Waals surface area contributed by atoms with E-state index in [1.54, 1.807) is 0 Å². The Morgan fingerprint density at radius 2 is 1.85 bits per heavy atom. The molecule has 2 rings (SSSR count). The molecule has 0 amide bonds. The summed E-state index contributed by atoms with van der Waals surface area (Å²) in [5, 5.41) is 0. The Hall–Kier alpha value is -0.570. The lowest BCUT2D eigenvalue weighted by Crippen LogP contribution is -2.45. The second kappa shape index (κ2) is 8.02. The summed E-state index contributed by atoms with van der Waals surface area (Å²) in [6.45, 7) is 5.43. The number of unbranched alkanes of at least 4 members (excludes halogenated alkanes) is 1. The number of carbonyl (C=O) groups excluding carboxylic acids is 1. The van der Waals surface area contributed by atoms with E-state index in [0.29, 0.717) is 18.4 Å². The molecule has 0 heterocycles. The highest BCUT2D eigenvalue weighted by molar-refractivity contribution is 5.73. The summed E-state index contributed by atoms with van der Waals surface area (Å²) >= 11 is 0. The Labute approximate surface area is 123 Å². The van der Waals surface area contributed by atoms with Crippen LogP contribution in [0.25, 0.3) is 0 Å². The van der Waals surface area contributed by atoms with E-state index in [1.165, 1.54) is 32.1 Å². The molecule has 3 nitrogen and oxygen atoms in total. The normalized spacial score (nSPS) is 33.5. The molecule has 0 aliphatic heterocycles.